The van der Waals surface area contributed by atoms with Crippen molar-refractivity contribution >= 4 is 23.2 Å². The molecule has 1 rings (SSSR count). The van der Waals surface area contributed by atoms with Gasteiger partial charge in [-0.05, 0) is 39.1 Å². The molecule has 2 unspecified atom stereocenters. The minimum Gasteiger partial charge on any atom is -0.383 e. The number of benzene rings is 1. The van der Waals surface area contributed by atoms with Crippen molar-refractivity contribution in [1.82, 2.24) is 10.2 Å². The molecule has 0 heterocycles. The van der Waals surface area contributed by atoms with Crippen LogP contribution in [-0.2, 0) is 4.74 Å². The fourth-order valence-electron chi connectivity index (χ4n) is 2.17. The molecule has 2 atom stereocenters. The normalized spacial score (nSPS) is 14.6. The molecule has 1 aromatic rings. The van der Waals surface area contributed by atoms with Crippen molar-refractivity contribution in [1.29, 1.82) is 0 Å². The first-order valence-corrected chi connectivity index (χ1v) is 7.57. The predicted molar refractivity (Wildman–Crippen MR) is 86.8 cm³/mol. The monoisotopic (exact) mass is 318 g/mol. The molecule has 0 aliphatic rings. The van der Waals surface area contributed by atoms with Crippen molar-refractivity contribution < 1.29 is 4.74 Å². The Labute approximate surface area is 132 Å². The van der Waals surface area contributed by atoms with Crippen molar-refractivity contribution in [2.75, 3.05) is 34.4 Å². The number of hydrogen-bond acceptors (Lipinski definition) is 3. The zero-order chi connectivity index (χ0) is 15.1. The highest BCUT2D eigenvalue weighted by molar-refractivity contribution is 6.42. The summed E-state index contributed by atoms with van der Waals surface area (Å²) in [5, 5.41) is 4.55. The summed E-state index contributed by atoms with van der Waals surface area (Å²) in [6, 6.07) is 6.36. The average molecular weight is 319 g/mol. The summed E-state index contributed by atoms with van der Waals surface area (Å²) in [6.45, 7) is 3.85. The number of ether oxygens (including phenoxy) is 1. The first-order chi connectivity index (χ1) is 9.51. The fraction of sp³-hybridized carbons (Fsp3) is 0.600. The molecule has 0 aromatic heterocycles. The van der Waals surface area contributed by atoms with E-state index < -0.39 is 0 Å². The first kappa shape index (κ1) is 17.7. The van der Waals surface area contributed by atoms with Gasteiger partial charge in [0.25, 0.3) is 0 Å². The lowest BCUT2D eigenvalue weighted by atomic mass is 10.0. The van der Waals surface area contributed by atoms with Crippen LogP contribution in [0.15, 0.2) is 18.2 Å². The van der Waals surface area contributed by atoms with Crippen LogP contribution >= 0.6 is 23.2 Å². The number of nitrogens with zero attached hydrogens (tertiary/aromatic N) is 1. The highest BCUT2D eigenvalue weighted by Gasteiger charge is 2.16. The molecular weight excluding hydrogens is 295 g/mol. The van der Waals surface area contributed by atoms with E-state index >= 15 is 0 Å². The van der Waals surface area contributed by atoms with E-state index in [1.54, 1.807) is 7.11 Å². The Balaban J connectivity index is 2.66. The molecule has 5 heteroatoms. The minimum absolute atomic E-state index is 0.193. The first-order valence-electron chi connectivity index (χ1n) is 6.81. The standard InChI is InChI=1S/C15H24Cl2N2O/c1-11(10-20-4)19(3)9-8-14(18-2)12-6-5-7-13(16)15(12)17/h5-7,11,14,18H,8-10H2,1-4H3. The Morgan fingerprint density at radius 3 is 2.65 bits per heavy atom. The highest BCUT2D eigenvalue weighted by atomic mass is 35.5. The predicted octanol–water partition coefficient (Wildman–Crippen LogP) is 3.61. The minimum atomic E-state index is 0.193. The fourth-order valence-corrected chi connectivity index (χ4v) is 2.61. The van der Waals surface area contributed by atoms with Gasteiger partial charge in [0.1, 0.15) is 0 Å². The van der Waals surface area contributed by atoms with Gasteiger partial charge in [0.05, 0.1) is 16.7 Å². The highest BCUT2D eigenvalue weighted by Crippen LogP contribution is 2.31. The smallest absolute Gasteiger partial charge is 0.0640 e. The Bertz CT molecular complexity index is 415. The molecule has 0 fully saturated rings. The summed E-state index contributed by atoms with van der Waals surface area (Å²) in [7, 11) is 5.78. The van der Waals surface area contributed by atoms with E-state index in [1.165, 1.54) is 0 Å². The summed E-state index contributed by atoms with van der Waals surface area (Å²) in [5.41, 5.74) is 1.05. The SMILES string of the molecule is CNC(CCN(C)C(C)COC)c1cccc(Cl)c1Cl. The third kappa shape index (κ3) is 4.90. The number of hydrogen-bond donors (Lipinski definition) is 1. The Hall–Kier alpha value is -0.320. The summed E-state index contributed by atoms with van der Waals surface area (Å²) in [4.78, 5) is 2.28. The molecule has 0 spiro atoms. The van der Waals surface area contributed by atoms with Crippen molar-refractivity contribution in [3.8, 4) is 0 Å². The second kappa shape index (κ2) is 8.85. The largest absolute Gasteiger partial charge is 0.383 e. The molecular formula is C15H24Cl2N2O. The van der Waals surface area contributed by atoms with E-state index in [1.807, 2.05) is 25.2 Å². The number of nitrogens with one attached hydrogen (secondary N) is 1. The quantitative estimate of drug-likeness (QED) is 0.792. The molecule has 0 saturated carbocycles. The van der Waals surface area contributed by atoms with Crippen LogP contribution in [0.25, 0.3) is 0 Å². The Morgan fingerprint density at radius 1 is 1.35 bits per heavy atom. The van der Waals surface area contributed by atoms with Crippen molar-refractivity contribution in [2.24, 2.45) is 0 Å². The van der Waals surface area contributed by atoms with Crippen LogP contribution in [0.2, 0.25) is 10.0 Å². The van der Waals surface area contributed by atoms with E-state index in [2.05, 4.69) is 24.2 Å². The number of methoxy groups -OCH3 is 1. The summed E-state index contributed by atoms with van der Waals surface area (Å²) >= 11 is 12.4. The molecule has 0 saturated heterocycles. The van der Waals surface area contributed by atoms with E-state index in [9.17, 15) is 0 Å². The van der Waals surface area contributed by atoms with Crippen LogP contribution in [0.3, 0.4) is 0 Å². The van der Waals surface area contributed by atoms with Crippen LogP contribution in [0.4, 0.5) is 0 Å². The maximum absolute atomic E-state index is 6.29. The van der Waals surface area contributed by atoms with Gasteiger partial charge in [0.2, 0.25) is 0 Å². The van der Waals surface area contributed by atoms with E-state index in [0.29, 0.717) is 16.1 Å². The molecule has 1 N–H and O–H groups in total. The molecule has 0 amide bonds. The van der Waals surface area contributed by atoms with Gasteiger partial charge >= 0.3 is 0 Å². The van der Waals surface area contributed by atoms with Gasteiger partial charge in [0, 0.05) is 25.7 Å². The number of rotatable bonds is 8. The average Bonchev–Trinajstić information content (AvgIpc) is 2.43. The molecule has 3 nitrogen and oxygen atoms in total. The Morgan fingerprint density at radius 2 is 2.05 bits per heavy atom. The van der Waals surface area contributed by atoms with Gasteiger partial charge in [0.15, 0.2) is 0 Å². The topological polar surface area (TPSA) is 24.5 Å². The van der Waals surface area contributed by atoms with E-state index in [4.69, 9.17) is 27.9 Å². The number of halogens is 2. The molecule has 20 heavy (non-hydrogen) atoms. The summed E-state index contributed by atoms with van der Waals surface area (Å²) in [6.07, 6.45) is 0.959. The van der Waals surface area contributed by atoms with E-state index in [0.717, 1.165) is 25.1 Å². The van der Waals surface area contributed by atoms with Gasteiger partial charge in [-0.2, -0.15) is 0 Å². The zero-order valence-corrected chi connectivity index (χ0v) is 14.1. The van der Waals surface area contributed by atoms with Gasteiger partial charge in [-0.1, -0.05) is 35.3 Å². The third-order valence-electron chi connectivity index (χ3n) is 3.64. The molecule has 114 valence electrons. The lowest BCUT2D eigenvalue weighted by Gasteiger charge is -2.27. The van der Waals surface area contributed by atoms with Crippen LogP contribution in [0.1, 0.15) is 24.9 Å². The van der Waals surface area contributed by atoms with Gasteiger partial charge in [-0.15, -0.1) is 0 Å². The third-order valence-corrected chi connectivity index (χ3v) is 4.47. The zero-order valence-electron chi connectivity index (χ0n) is 12.6. The molecule has 0 aliphatic heterocycles. The molecule has 0 bridgehead atoms. The molecule has 0 aliphatic carbocycles. The van der Waals surface area contributed by atoms with Crippen LogP contribution < -0.4 is 5.32 Å². The second-order valence-electron chi connectivity index (χ2n) is 5.06. The van der Waals surface area contributed by atoms with Crippen LogP contribution in [0, 0.1) is 0 Å². The summed E-state index contributed by atoms with van der Waals surface area (Å²) in [5.74, 6) is 0. The van der Waals surface area contributed by atoms with Crippen LogP contribution in [0.5, 0.6) is 0 Å². The lowest BCUT2D eigenvalue weighted by molar-refractivity contribution is 0.113. The summed E-state index contributed by atoms with van der Waals surface area (Å²) < 4.78 is 5.18. The van der Waals surface area contributed by atoms with Gasteiger partial charge in [-0.25, -0.2) is 0 Å². The maximum atomic E-state index is 6.29. The maximum Gasteiger partial charge on any atom is 0.0640 e. The van der Waals surface area contributed by atoms with Gasteiger partial charge in [-0.3, -0.25) is 0 Å². The van der Waals surface area contributed by atoms with Crippen molar-refractivity contribution in [2.45, 2.75) is 25.4 Å². The molecule has 0 radical (unpaired) electrons. The van der Waals surface area contributed by atoms with E-state index in [-0.39, 0.29) is 6.04 Å². The van der Waals surface area contributed by atoms with Crippen LogP contribution in [-0.4, -0.2) is 45.3 Å². The lowest BCUT2D eigenvalue weighted by Crippen LogP contribution is -2.35. The molecule has 1 aromatic carbocycles. The second-order valence-corrected chi connectivity index (χ2v) is 5.84. The number of likely N-dealkylation sites (N-methyl/N-ethyl adjacent to an activating group) is 1. The Kier molecular flexibility index (Phi) is 7.85. The van der Waals surface area contributed by atoms with Crippen molar-refractivity contribution in [3.05, 3.63) is 33.8 Å². The van der Waals surface area contributed by atoms with Crippen molar-refractivity contribution in [3.63, 3.8) is 0 Å². The van der Waals surface area contributed by atoms with Gasteiger partial charge < -0.3 is 15.0 Å².